The molecule has 0 radical (unpaired) electrons. The second-order valence-electron chi connectivity index (χ2n) is 6.48. The molecule has 0 saturated heterocycles. The van der Waals surface area contributed by atoms with Gasteiger partial charge in [-0.2, -0.15) is 0 Å². The lowest BCUT2D eigenvalue weighted by atomic mass is 10.1. The summed E-state index contributed by atoms with van der Waals surface area (Å²) in [6.45, 7) is 10.1. The molecule has 1 aromatic rings. The van der Waals surface area contributed by atoms with E-state index >= 15 is 0 Å². The van der Waals surface area contributed by atoms with E-state index in [4.69, 9.17) is 4.99 Å². The van der Waals surface area contributed by atoms with Crippen molar-refractivity contribution >= 4 is 5.96 Å². The molecule has 0 heterocycles. The Labute approximate surface area is 129 Å². The third kappa shape index (κ3) is 6.63. The molecule has 0 aromatic heterocycles. The summed E-state index contributed by atoms with van der Waals surface area (Å²) in [6, 6.07) is 10.8. The van der Waals surface area contributed by atoms with Crippen LogP contribution in [0.4, 0.5) is 0 Å². The summed E-state index contributed by atoms with van der Waals surface area (Å²) in [5, 5.41) is 6.73. The van der Waals surface area contributed by atoms with Crippen molar-refractivity contribution in [2.24, 2.45) is 4.99 Å². The van der Waals surface area contributed by atoms with Gasteiger partial charge in [0.25, 0.3) is 0 Å². The molecule has 0 fully saturated rings. The third-order valence-corrected chi connectivity index (χ3v) is 3.07. The Morgan fingerprint density at radius 2 is 1.81 bits per heavy atom. The largest absolute Gasteiger partial charge is 0.357 e. The summed E-state index contributed by atoms with van der Waals surface area (Å²) in [4.78, 5) is 6.96. The van der Waals surface area contributed by atoms with Gasteiger partial charge in [0, 0.05) is 12.1 Å². The molecule has 0 aliphatic heterocycles. The number of hydrogen-bond acceptors (Lipinski definition) is 2. The van der Waals surface area contributed by atoms with Crippen LogP contribution in [0.5, 0.6) is 0 Å². The zero-order valence-corrected chi connectivity index (χ0v) is 14.3. The maximum absolute atomic E-state index is 4.75. The Kier molecular flexibility index (Phi) is 6.69. The zero-order valence-electron chi connectivity index (χ0n) is 14.3. The first kappa shape index (κ1) is 17.5. The highest BCUT2D eigenvalue weighted by Gasteiger charge is 2.15. The van der Waals surface area contributed by atoms with Crippen LogP contribution in [0.15, 0.2) is 35.3 Å². The predicted molar refractivity (Wildman–Crippen MR) is 91.7 cm³/mol. The number of rotatable bonds is 5. The first-order valence-corrected chi connectivity index (χ1v) is 7.61. The van der Waals surface area contributed by atoms with Gasteiger partial charge in [-0.05, 0) is 47.4 Å². The highest BCUT2D eigenvalue weighted by molar-refractivity contribution is 5.80. The lowest BCUT2D eigenvalue weighted by Gasteiger charge is -2.26. The minimum atomic E-state index is 0.00135. The van der Waals surface area contributed by atoms with Crippen LogP contribution in [-0.2, 0) is 0 Å². The van der Waals surface area contributed by atoms with Crippen LogP contribution in [0.3, 0.4) is 0 Å². The first-order chi connectivity index (χ1) is 9.83. The topological polar surface area (TPSA) is 39.7 Å². The van der Waals surface area contributed by atoms with E-state index in [1.807, 2.05) is 6.07 Å². The normalized spacial score (nSPS) is 14.1. The number of benzene rings is 1. The van der Waals surface area contributed by atoms with E-state index in [0.717, 1.165) is 19.0 Å². The molecule has 0 spiro atoms. The summed E-state index contributed by atoms with van der Waals surface area (Å²) in [5.74, 6) is 0.868. The zero-order chi connectivity index (χ0) is 15.9. The van der Waals surface area contributed by atoms with Gasteiger partial charge in [-0.3, -0.25) is 4.99 Å². The average molecular weight is 290 g/mol. The fraction of sp³-hybridized carbons (Fsp3) is 0.588. The number of guanidine groups is 1. The molecule has 1 unspecified atom stereocenters. The smallest absolute Gasteiger partial charge is 0.191 e. The maximum atomic E-state index is 4.75. The van der Waals surface area contributed by atoms with Crippen LogP contribution < -0.4 is 10.6 Å². The molecule has 21 heavy (non-hydrogen) atoms. The Morgan fingerprint density at radius 3 is 2.29 bits per heavy atom. The van der Waals surface area contributed by atoms with Crippen LogP contribution in [0.1, 0.15) is 39.3 Å². The summed E-state index contributed by atoms with van der Waals surface area (Å²) >= 11 is 0. The standard InChI is InChI=1S/C17H30N4/c1-7-18-16(20-17(2,3)4)19-13-15(21(5)6)14-11-9-8-10-12-14/h8-12,15H,7,13H2,1-6H3,(H2,18,19,20). The summed E-state index contributed by atoms with van der Waals surface area (Å²) < 4.78 is 0. The van der Waals surface area contributed by atoms with Gasteiger partial charge in [0.05, 0.1) is 12.6 Å². The van der Waals surface area contributed by atoms with Gasteiger partial charge < -0.3 is 15.5 Å². The van der Waals surface area contributed by atoms with Gasteiger partial charge in [0.1, 0.15) is 0 Å². The van der Waals surface area contributed by atoms with E-state index in [9.17, 15) is 0 Å². The molecule has 4 heteroatoms. The summed E-state index contributed by atoms with van der Waals surface area (Å²) in [7, 11) is 4.19. The fourth-order valence-electron chi connectivity index (χ4n) is 2.08. The van der Waals surface area contributed by atoms with Gasteiger partial charge in [-0.1, -0.05) is 30.3 Å². The highest BCUT2D eigenvalue weighted by Crippen LogP contribution is 2.18. The fourth-order valence-corrected chi connectivity index (χ4v) is 2.08. The second-order valence-corrected chi connectivity index (χ2v) is 6.48. The van der Waals surface area contributed by atoms with Crippen molar-refractivity contribution < 1.29 is 0 Å². The molecule has 4 nitrogen and oxygen atoms in total. The lowest BCUT2D eigenvalue weighted by Crippen LogP contribution is -2.47. The van der Waals surface area contributed by atoms with E-state index in [2.05, 4.69) is 81.6 Å². The van der Waals surface area contributed by atoms with Gasteiger partial charge in [0.15, 0.2) is 5.96 Å². The van der Waals surface area contributed by atoms with Crippen molar-refractivity contribution in [1.29, 1.82) is 0 Å². The molecule has 1 rings (SSSR count). The Hall–Kier alpha value is -1.55. The average Bonchev–Trinajstić information content (AvgIpc) is 2.38. The maximum Gasteiger partial charge on any atom is 0.191 e. The minimum absolute atomic E-state index is 0.00135. The molecule has 0 aliphatic carbocycles. The van der Waals surface area contributed by atoms with Crippen LogP contribution in [0, 0.1) is 0 Å². The van der Waals surface area contributed by atoms with Gasteiger partial charge in [0.2, 0.25) is 0 Å². The van der Waals surface area contributed by atoms with Crippen LogP contribution >= 0.6 is 0 Å². The third-order valence-electron chi connectivity index (χ3n) is 3.07. The van der Waals surface area contributed by atoms with Crippen molar-refractivity contribution in [2.45, 2.75) is 39.3 Å². The second kappa shape index (κ2) is 8.03. The van der Waals surface area contributed by atoms with Crippen molar-refractivity contribution in [3.63, 3.8) is 0 Å². The lowest BCUT2D eigenvalue weighted by molar-refractivity contribution is 0.306. The first-order valence-electron chi connectivity index (χ1n) is 7.61. The molecule has 1 atom stereocenters. The van der Waals surface area contributed by atoms with Crippen LogP contribution in [0.25, 0.3) is 0 Å². The molecule has 0 saturated carbocycles. The number of hydrogen-bond donors (Lipinski definition) is 2. The predicted octanol–water partition coefficient (Wildman–Crippen LogP) is 2.64. The Balaban J connectivity index is 2.84. The number of nitrogens with zero attached hydrogens (tertiary/aromatic N) is 2. The van der Waals surface area contributed by atoms with E-state index in [0.29, 0.717) is 0 Å². The minimum Gasteiger partial charge on any atom is -0.357 e. The van der Waals surface area contributed by atoms with Crippen molar-refractivity contribution in [3.8, 4) is 0 Å². The van der Waals surface area contributed by atoms with Crippen LogP contribution in [-0.4, -0.2) is 43.6 Å². The summed E-state index contributed by atoms with van der Waals surface area (Å²) in [5.41, 5.74) is 1.29. The Morgan fingerprint density at radius 1 is 1.19 bits per heavy atom. The van der Waals surface area contributed by atoms with E-state index in [1.54, 1.807) is 0 Å². The molecular formula is C17H30N4. The quantitative estimate of drug-likeness (QED) is 0.647. The number of nitrogens with one attached hydrogen (secondary N) is 2. The van der Waals surface area contributed by atoms with E-state index in [-0.39, 0.29) is 11.6 Å². The molecule has 1 aromatic carbocycles. The van der Waals surface area contributed by atoms with E-state index < -0.39 is 0 Å². The molecule has 0 amide bonds. The molecule has 0 aliphatic rings. The van der Waals surface area contributed by atoms with Crippen LogP contribution in [0.2, 0.25) is 0 Å². The number of aliphatic imine (C=N–C) groups is 1. The van der Waals surface area contributed by atoms with Gasteiger partial charge in [-0.15, -0.1) is 0 Å². The summed E-state index contributed by atoms with van der Waals surface area (Å²) in [6.07, 6.45) is 0. The van der Waals surface area contributed by atoms with Gasteiger partial charge in [-0.25, -0.2) is 0 Å². The molecule has 0 bridgehead atoms. The molecule has 2 N–H and O–H groups in total. The monoisotopic (exact) mass is 290 g/mol. The molecule has 118 valence electrons. The van der Waals surface area contributed by atoms with Crippen molar-refractivity contribution in [3.05, 3.63) is 35.9 Å². The van der Waals surface area contributed by atoms with Crippen molar-refractivity contribution in [1.82, 2.24) is 15.5 Å². The Bertz CT molecular complexity index is 432. The highest BCUT2D eigenvalue weighted by atomic mass is 15.2. The SMILES string of the molecule is CCNC(=NCC(c1ccccc1)N(C)C)NC(C)(C)C. The molecular weight excluding hydrogens is 260 g/mol. The van der Waals surface area contributed by atoms with Gasteiger partial charge >= 0.3 is 0 Å². The van der Waals surface area contributed by atoms with E-state index in [1.165, 1.54) is 5.56 Å². The van der Waals surface area contributed by atoms with Crippen molar-refractivity contribution in [2.75, 3.05) is 27.2 Å². The number of likely N-dealkylation sites (N-methyl/N-ethyl adjacent to an activating group) is 1.